The first-order chi connectivity index (χ1) is 8.56. The van der Waals surface area contributed by atoms with Crippen LogP contribution in [0.4, 0.5) is 10.1 Å². The van der Waals surface area contributed by atoms with Crippen LogP contribution in [0.25, 0.3) is 6.08 Å². The molecular formula is C14H20ClFN2. The Balaban J connectivity index is 0.000000492. The predicted octanol–water partition coefficient (Wildman–Crippen LogP) is 3.34. The zero-order valence-corrected chi connectivity index (χ0v) is 11.9. The van der Waals surface area contributed by atoms with E-state index in [9.17, 15) is 4.39 Å². The van der Waals surface area contributed by atoms with E-state index in [0.717, 1.165) is 30.6 Å². The molecule has 0 amide bonds. The first-order valence-electron chi connectivity index (χ1n) is 5.99. The van der Waals surface area contributed by atoms with Crippen LogP contribution in [-0.4, -0.2) is 27.7 Å². The molecule has 1 aliphatic rings. The van der Waals surface area contributed by atoms with Gasteiger partial charge in [0.2, 0.25) is 0 Å². The number of halogens is 2. The average Bonchev–Trinajstić information content (AvgIpc) is 2.33. The summed E-state index contributed by atoms with van der Waals surface area (Å²) in [6, 6.07) is 1.54. The Bertz CT molecular complexity index is 432. The van der Waals surface area contributed by atoms with Crippen LogP contribution >= 0.6 is 11.6 Å². The summed E-state index contributed by atoms with van der Waals surface area (Å²) in [7, 11) is 5.75. The highest BCUT2D eigenvalue weighted by Crippen LogP contribution is 2.36. The van der Waals surface area contributed by atoms with Crippen molar-refractivity contribution in [2.24, 2.45) is 0 Å². The third kappa shape index (κ3) is 3.03. The summed E-state index contributed by atoms with van der Waals surface area (Å²) in [6.07, 6.45) is 3.60. The maximum Gasteiger partial charge on any atom is 0.142 e. The molecule has 2 nitrogen and oxygen atoms in total. The van der Waals surface area contributed by atoms with E-state index >= 15 is 0 Å². The largest absolute Gasteiger partial charge is 0.374 e. The summed E-state index contributed by atoms with van der Waals surface area (Å²) in [4.78, 5) is 2.11. The summed E-state index contributed by atoms with van der Waals surface area (Å²) in [5.74, 6) is -0.347. The van der Waals surface area contributed by atoms with Gasteiger partial charge in [-0.15, -0.1) is 0 Å². The van der Waals surface area contributed by atoms with Crippen molar-refractivity contribution < 1.29 is 4.39 Å². The monoisotopic (exact) mass is 270 g/mol. The number of benzene rings is 1. The third-order valence-electron chi connectivity index (χ3n) is 2.83. The van der Waals surface area contributed by atoms with E-state index in [0.29, 0.717) is 5.56 Å². The second-order valence-corrected chi connectivity index (χ2v) is 4.70. The first-order valence-corrected chi connectivity index (χ1v) is 6.37. The fraction of sp³-hybridized carbons (Fsp3) is 0.429. The molecule has 0 fully saturated rings. The number of aryl methyl sites for hydroxylation is 1. The summed E-state index contributed by atoms with van der Waals surface area (Å²) in [5, 5.41) is 2.93. The molecule has 0 radical (unpaired) electrons. The van der Waals surface area contributed by atoms with Crippen LogP contribution < -0.4 is 10.2 Å². The maximum atomic E-state index is 13.5. The Morgan fingerprint density at radius 1 is 1.50 bits per heavy atom. The van der Waals surface area contributed by atoms with Gasteiger partial charge in [-0.05, 0) is 38.6 Å². The van der Waals surface area contributed by atoms with Gasteiger partial charge in [-0.1, -0.05) is 24.3 Å². The van der Waals surface area contributed by atoms with Crippen molar-refractivity contribution in [1.82, 2.24) is 5.32 Å². The van der Waals surface area contributed by atoms with Gasteiger partial charge in [0, 0.05) is 24.8 Å². The molecule has 0 aliphatic carbocycles. The van der Waals surface area contributed by atoms with Crippen molar-refractivity contribution in [3.8, 4) is 0 Å². The second kappa shape index (κ2) is 6.76. The van der Waals surface area contributed by atoms with Crippen molar-refractivity contribution in [1.29, 1.82) is 0 Å². The zero-order valence-electron chi connectivity index (χ0n) is 11.2. The van der Waals surface area contributed by atoms with Gasteiger partial charge in [-0.2, -0.15) is 0 Å². The topological polar surface area (TPSA) is 15.3 Å². The number of nitrogens with zero attached hydrogens (tertiary/aromatic N) is 1. The smallest absolute Gasteiger partial charge is 0.142 e. The molecule has 0 saturated heterocycles. The summed E-state index contributed by atoms with van der Waals surface area (Å²) >= 11 is 5.92. The molecule has 1 heterocycles. The van der Waals surface area contributed by atoms with E-state index < -0.39 is 0 Å². The molecule has 18 heavy (non-hydrogen) atoms. The molecule has 0 bridgehead atoms. The molecule has 1 aliphatic heterocycles. The SMILES string of the molecule is C=Cc1c(Cl)c(F)cc2c1N(C)CCC2.CNC. The van der Waals surface area contributed by atoms with Crippen LogP contribution in [0, 0.1) is 5.82 Å². The van der Waals surface area contributed by atoms with Gasteiger partial charge in [-0.25, -0.2) is 4.39 Å². The van der Waals surface area contributed by atoms with E-state index in [-0.39, 0.29) is 10.8 Å². The minimum atomic E-state index is -0.347. The molecule has 2 rings (SSSR count). The maximum absolute atomic E-state index is 13.5. The third-order valence-corrected chi connectivity index (χ3v) is 3.22. The molecular weight excluding hydrogens is 251 g/mol. The predicted molar refractivity (Wildman–Crippen MR) is 78.1 cm³/mol. The highest BCUT2D eigenvalue weighted by atomic mass is 35.5. The fourth-order valence-corrected chi connectivity index (χ4v) is 2.36. The Morgan fingerprint density at radius 2 is 2.11 bits per heavy atom. The van der Waals surface area contributed by atoms with Crippen LogP contribution in [-0.2, 0) is 6.42 Å². The molecule has 1 aromatic carbocycles. The van der Waals surface area contributed by atoms with Crippen LogP contribution in [0.3, 0.4) is 0 Å². The lowest BCUT2D eigenvalue weighted by molar-refractivity contribution is 0.621. The normalized spacial score (nSPS) is 13.5. The lowest BCUT2D eigenvalue weighted by Gasteiger charge is -2.29. The lowest BCUT2D eigenvalue weighted by Crippen LogP contribution is -2.25. The van der Waals surface area contributed by atoms with Crippen molar-refractivity contribution in [2.45, 2.75) is 12.8 Å². The van der Waals surface area contributed by atoms with Gasteiger partial charge in [0.1, 0.15) is 5.82 Å². The summed E-state index contributed by atoms with van der Waals surface area (Å²) in [5.41, 5.74) is 2.78. The number of rotatable bonds is 1. The molecule has 1 N–H and O–H groups in total. The van der Waals surface area contributed by atoms with Gasteiger partial charge in [0.05, 0.1) is 5.02 Å². The molecule has 100 valence electrons. The standard InChI is InChI=1S/C12H13ClFN.C2H7N/c1-3-9-11(13)10(14)7-8-5-4-6-15(2)12(8)9;1-3-2/h3,7H,1,4-6H2,2H3;3H,1-2H3. The first kappa shape index (κ1) is 15.0. The lowest BCUT2D eigenvalue weighted by atomic mass is 9.97. The van der Waals surface area contributed by atoms with Gasteiger partial charge < -0.3 is 10.2 Å². The van der Waals surface area contributed by atoms with Gasteiger partial charge in [0.15, 0.2) is 0 Å². The fourth-order valence-electron chi connectivity index (χ4n) is 2.14. The van der Waals surface area contributed by atoms with Gasteiger partial charge in [0.25, 0.3) is 0 Å². The van der Waals surface area contributed by atoms with E-state index in [1.807, 2.05) is 21.1 Å². The Labute approximate surface area is 113 Å². The molecule has 0 atom stereocenters. The van der Waals surface area contributed by atoms with Gasteiger partial charge in [-0.3, -0.25) is 0 Å². The molecule has 0 spiro atoms. The number of nitrogens with one attached hydrogen (secondary N) is 1. The van der Waals surface area contributed by atoms with Crippen molar-refractivity contribution in [3.05, 3.63) is 34.6 Å². The number of hydrogen-bond acceptors (Lipinski definition) is 2. The second-order valence-electron chi connectivity index (χ2n) is 4.32. The average molecular weight is 271 g/mol. The van der Waals surface area contributed by atoms with Crippen molar-refractivity contribution in [3.63, 3.8) is 0 Å². The zero-order chi connectivity index (χ0) is 13.7. The Kier molecular flexibility index (Phi) is 5.63. The highest BCUT2D eigenvalue weighted by Gasteiger charge is 2.20. The molecule has 0 aromatic heterocycles. The summed E-state index contributed by atoms with van der Waals surface area (Å²) in [6.45, 7) is 4.68. The van der Waals surface area contributed by atoms with Crippen LogP contribution in [0.15, 0.2) is 12.6 Å². The van der Waals surface area contributed by atoms with Crippen molar-refractivity contribution in [2.75, 3.05) is 32.6 Å². The van der Waals surface area contributed by atoms with E-state index in [1.54, 1.807) is 12.1 Å². The molecule has 0 saturated carbocycles. The van der Waals surface area contributed by atoms with Gasteiger partial charge >= 0.3 is 0 Å². The molecule has 4 heteroatoms. The number of fused-ring (bicyclic) bond motifs is 1. The number of hydrogen-bond donors (Lipinski definition) is 1. The Morgan fingerprint density at radius 3 is 2.67 bits per heavy atom. The van der Waals surface area contributed by atoms with E-state index in [4.69, 9.17) is 11.6 Å². The molecule has 1 aromatic rings. The Hall–Kier alpha value is -1.06. The van der Waals surface area contributed by atoms with Crippen LogP contribution in [0.2, 0.25) is 5.02 Å². The summed E-state index contributed by atoms with van der Waals surface area (Å²) < 4.78 is 13.5. The molecule has 0 unspecified atom stereocenters. The van der Waals surface area contributed by atoms with E-state index in [2.05, 4.69) is 16.8 Å². The minimum Gasteiger partial charge on any atom is -0.374 e. The highest BCUT2D eigenvalue weighted by molar-refractivity contribution is 6.32. The van der Waals surface area contributed by atoms with E-state index in [1.165, 1.54) is 0 Å². The minimum absolute atomic E-state index is 0.178. The van der Waals surface area contributed by atoms with Crippen LogP contribution in [0.1, 0.15) is 17.5 Å². The number of anilines is 1. The van der Waals surface area contributed by atoms with Crippen LogP contribution in [0.5, 0.6) is 0 Å². The quantitative estimate of drug-likeness (QED) is 0.842. The van der Waals surface area contributed by atoms with Crippen molar-refractivity contribution >= 4 is 23.4 Å².